The Balaban J connectivity index is 2.70. The van der Waals surface area contributed by atoms with Crippen molar-refractivity contribution in [3.63, 3.8) is 0 Å². The Morgan fingerprint density at radius 2 is 1.93 bits per heavy atom. The molecule has 1 aromatic carbocycles. The van der Waals surface area contributed by atoms with E-state index in [9.17, 15) is 0 Å². The fraction of sp³-hybridized carbons (Fsp3) is 0.500. The molecule has 0 saturated heterocycles. The quantitative estimate of drug-likeness (QED) is 0.809. The van der Waals surface area contributed by atoms with Gasteiger partial charge in [0.05, 0.1) is 0 Å². The molecule has 0 heterocycles. The van der Waals surface area contributed by atoms with Gasteiger partial charge in [0.15, 0.2) is 0 Å². The van der Waals surface area contributed by atoms with Crippen molar-refractivity contribution < 1.29 is 0 Å². The summed E-state index contributed by atoms with van der Waals surface area (Å²) in [5, 5.41) is 4.20. The molecule has 0 bridgehead atoms. The highest BCUT2D eigenvalue weighted by Gasteiger charge is 2.20. The molecule has 3 heteroatoms. The second-order valence-electron chi connectivity index (χ2n) is 4.15. The van der Waals surface area contributed by atoms with Gasteiger partial charge in [-0.05, 0) is 37.6 Å². The summed E-state index contributed by atoms with van der Waals surface area (Å²) in [6, 6.07) is 7.72. The standard InChI is InChI=1S/C12H19ClN2/c1-3-8-12(2,9-14)15-11-6-4-10(13)5-7-11/h4-7,15H,3,8-9,14H2,1-2H3. The number of benzene rings is 1. The van der Waals surface area contributed by atoms with Gasteiger partial charge in [0.25, 0.3) is 0 Å². The molecule has 0 aliphatic heterocycles. The van der Waals surface area contributed by atoms with Gasteiger partial charge in [-0.25, -0.2) is 0 Å². The van der Waals surface area contributed by atoms with Gasteiger partial charge in [-0.3, -0.25) is 0 Å². The Morgan fingerprint density at radius 3 is 2.40 bits per heavy atom. The molecule has 0 spiro atoms. The van der Waals surface area contributed by atoms with Crippen LogP contribution in [0.2, 0.25) is 5.02 Å². The molecule has 1 atom stereocenters. The van der Waals surface area contributed by atoms with E-state index in [0.717, 1.165) is 23.6 Å². The maximum atomic E-state index is 5.83. The number of anilines is 1. The van der Waals surface area contributed by atoms with Crippen LogP contribution in [-0.2, 0) is 0 Å². The maximum absolute atomic E-state index is 5.83. The lowest BCUT2D eigenvalue weighted by atomic mass is 9.96. The molecule has 1 aromatic rings. The first kappa shape index (κ1) is 12.3. The summed E-state index contributed by atoms with van der Waals surface area (Å²) in [7, 11) is 0. The first-order valence-corrected chi connectivity index (χ1v) is 5.71. The molecule has 0 aliphatic rings. The lowest BCUT2D eigenvalue weighted by Crippen LogP contribution is -2.42. The van der Waals surface area contributed by atoms with E-state index in [1.807, 2.05) is 24.3 Å². The highest BCUT2D eigenvalue weighted by Crippen LogP contribution is 2.20. The SMILES string of the molecule is CCCC(C)(CN)Nc1ccc(Cl)cc1. The molecule has 84 valence electrons. The Hall–Kier alpha value is -0.730. The predicted molar refractivity (Wildman–Crippen MR) is 67.4 cm³/mol. The van der Waals surface area contributed by atoms with Crippen LogP contribution >= 0.6 is 11.6 Å². The van der Waals surface area contributed by atoms with Crippen LogP contribution < -0.4 is 11.1 Å². The summed E-state index contributed by atoms with van der Waals surface area (Å²) in [6.07, 6.45) is 2.18. The molecule has 3 N–H and O–H groups in total. The van der Waals surface area contributed by atoms with Crippen molar-refractivity contribution in [2.75, 3.05) is 11.9 Å². The zero-order chi connectivity index (χ0) is 11.3. The third-order valence-corrected chi connectivity index (χ3v) is 2.79. The van der Waals surface area contributed by atoms with Gasteiger partial charge < -0.3 is 11.1 Å². The number of nitrogens with two attached hydrogens (primary N) is 1. The van der Waals surface area contributed by atoms with Crippen LogP contribution in [0.25, 0.3) is 0 Å². The van der Waals surface area contributed by atoms with Gasteiger partial charge >= 0.3 is 0 Å². The third-order valence-electron chi connectivity index (χ3n) is 2.54. The lowest BCUT2D eigenvalue weighted by Gasteiger charge is -2.30. The average molecular weight is 227 g/mol. The van der Waals surface area contributed by atoms with Crippen LogP contribution in [0.4, 0.5) is 5.69 Å². The summed E-state index contributed by atoms with van der Waals surface area (Å²) in [6.45, 7) is 4.94. The molecule has 2 nitrogen and oxygen atoms in total. The van der Waals surface area contributed by atoms with Gasteiger partial charge in [0, 0.05) is 22.8 Å². The van der Waals surface area contributed by atoms with Crippen molar-refractivity contribution in [3.05, 3.63) is 29.3 Å². The molecule has 1 unspecified atom stereocenters. The van der Waals surface area contributed by atoms with Crippen LogP contribution in [0.5, 0.6) is 0 Å². The monoisotopic (exact) mass is 226 g/mol. The molecule has 0 saturated carbocycles. The molecule has 0 aliphatic carbocycles. The van der Waals surface area contributed by atoms with Crippen molar-refractivity contribution in [2.45, 2.75) is 32.2 Å². The van der Waals surface area contributed by atoms with Crippen LogP contribution in [-0.4, -0.2) is 12.1 Å². The van der Waals surface area contributed by atoms with Crippen molar-refractivity contribution in [3.8, 4) is 0 Å². The van der Waals surface area contributed by atoms with Crippen molar-refractivity contribution in [1.29, 1.82) is 0 Å². The first-order chi connectivity index (χ1) is 7.09. The predicted octanol–water partition coefficient (Wildman–Crippen LogP) is 3.27. The largest absolute Gasteiger partial charge is 0.379 e. The molecule has 1 rings (SSSR count). The minimum Gasteiger partial charge on any atom is -0.379 e. The number of halogens is 1. The summed E-state index contributed by atoms with van der Waals surface area (Å²) in [5.74, 6) is 0. The maximum Gasteiger partial charge on any atom is 0.0467 e. The normalized spacial score (nSPS) is 14.7. The fourth-order valence-electron chi connectivity index (χ4n) is 1.65. The third kappa shape index (κ3) is 3.73. The number of hydrogen-bond acceptors (Lipinski definition) is 2. The zero-order valence-corrected chi connectivity index (χ0v) is 10.1. The highest BCUT2D eigenvalue weighted by molar-refractivity contribution is 6.30. The Morgan fingerprint density at radius 1 is 1.33 bits per heavy atom. The second kappa shape index (κ2) is 5.38. The topological polar surface area (TPSA) is 38.0 Å². The number of nitrogens with one attached hydrogen (secondary N) is 1. The van der Waals surface area contributed by atoms with Crippen LogP contribution in [0.15, 0.2) is 24.3 Å². The Labute approximate surface area is 96.8 Å². The van der Waals surface area contributed by atoms with Crippen LogP contribution in [0.1, 0.15) is 26.7 Å². The minimum absolute atomic E-state index is 0.0252. The molecule has 0 amide bonds. The van der Waals surface area contributed by atoms with Gasteiger partial charge in [0.2, 0.25) is 0 Å². The highest BCUT2D eigenvalue weighted by atomic mass is 35.5. The zero-order valence-electron chi connectivity index (χ0n) is 9.39. The summed E-state index contributed by atoms with van der Waals surface area (Å²) < 4.78 is 0. The van der Waals surface area contributed by atoms with E-state index in [1.165, 1.54) is 0 Å². The number of hydrogen-bond donors (Lipinski definition) is 2. The Kier molecular flexibility index (Phi) is 4.43. The van der Waals surface area contributed by atoms with E-state index in [4.69, 9.17) is 17.3 Å². The van der Waals surface area contributed by atoms with E-state index in [-0.39, 0.29) is 5.54 Å². The molecule has 0 aromatic heterocycles. The van der Waals surface area contributed by atoms with Crippen molar-refractivity contribution in [2.24, 2.45) is 5.73 Å². The average Bonchev–Trinajstić information content (AvgIpc) is 2.22. The summed E-state index contributed by atoms with van der Waals surface area (Å²) in [4.78, 5) is 0. The van der Waals surface area contributed by atoms with Crippen molar-refractivity contribution >= 4 is 17.3 Å². The second-order valence-corrected chi connectivity index (χ2v) is 4.58. The lowest BCUT2D eigenvalue weighted by molar-refractivity contribution is 0.476. The number of rotatable bonds is 5. The van der Waals surface area contributed by atoms with E-state index >= 15 is 0 Å². The van der Waals surface area contributed by atoms with Crippen LogP contribution in [0.3, 0.4) is 0 Å². The Bertz CT molecular complexity index is 297. The molecule has 0 fully saturated rings. The molecular weight excluding hydrogens is 208 g/mol. The van der Waals surface area contributed by atoms with E-state index in [2.05, 4.69) is 19.2 Å². The smallest absolute Gasteiger partial charge is 0.0467 e. The molecule has 15 heavy (non-hydrogen) atoms. The van der Waals surface area contributed by atoms with E-state index < -0.39 is 0 Å². The minimum atomic E-state index is -0.0252. The molecular formula is C12H19ClN2. The summed E-state index contributed by atoms with van der Waals surface area (Å²) >= 11 is 5.83. The van der Waals surface area contributed by atoms with E-state index in [0.29, 0.717) is 6.54 Å². The summed E-state index contributed by atoms with van der Waals surface area (Å²) in [5.41, 5.74) is 6.83. The first-order valence-electron chi connectivity index (χ1n) is 5.33. The van der Waals surface area contributed by atoms with Gasteiger partial charge in [-0.15, -0.1) is 0 Å². The molecule has 0 radical (unpaired) electrons. The van der Waals surface area contributed by atoms with Crippen LogP contribution in [0, 0.1) is 0 Å². The van der Waals surface area contributed by atoms with E-state index in [1.54, 1.807) is 0 Å². The fourth-order valence-corrected chi connectivity index (χ4v) is 1.78. The van der Waals surface area contributed by atoms with Gasteiger partial charge in [-0.2, -0.15) is 0 Å². The van der Waals surface area contributed by atoms with Gasteiger partial charge in [-0.1, -0.05) is 24.9 Å². The van der Waals surface area contributed by atoms with Crippen molar-refractivity contribution in [1.82, 2.24) is 0 Å². The van der Waals surface area contributed by atoms with Gasteiger partial charge in [0.1, 0.15) is 0 Å².